The molecule has 0 saturated carbocycles. The van der Waals surface area contributed by atoms with E-state index in [4.69, 9.17) is 0 Å². The molecule has 0 aromatic rings. The lowest BCUT2D eigenvalue weighted by Crippen LogP contribution is -2.42. The van der Waals surface area contributed by atoms with Crippen LogP contribution in [0.4, 0.5) is 4.79 Å². The number of carbonyl (C=O) groups excluding carboxylic acids is 1. The van der Waals surface area contributed by atoms with Gasteiger partial charge >= 0.3 is 6.03 Å². The van der Waals surface area contributed by atoms with E-state index in [2.05, 4.69) is 34.7 Å². The quantitative estimate of drug-likeness (QED) is 0.814. The molecule has 1 N–H and O–H groups in total. The standard InChI is InChI=1S/C9H17BrN2O/c1-5-8(3)12(4)9(13)11-6-7(2)10/h8H,2,5-6H2,1,3-4H3,(H,11,13). The lowest BCUT2D eigenvalue weighted by atomic mass is 10.2. The normalized spacial score (nSPS) is 12.0. The molecule has 0 heterocycles. The summed E-state index contributed by atoms with van der Waals surface area (Å²) in [5, 5.41) is 2.74. The Morgan fingerprint density at radius 2 is 2.23 bits per heavy atom. The second-order valence-electron chi connectivity index (χ2n) is 3.04. The maximum atomic E-state index is 11.4. The summed E-state index contributed by atoms with van der Waals surface area (Å²) in [6.45, 7) is 8.18. The minimum Gasteiger partial charge on any atom is -0.333 e. The van der Waals surface area contributed by atoms with Gasteiger partial charge in [0, 0.05) is 17.6 Å². The van der Waals surface area contributed by atoms with Crippen molar-refractivity contribution in [2.45, 2.75) is 26.3 Å². The van der Waals surface area contributed by atoms with E-state index in [1.165, 1.54) is 0 Å². The highest BCUT2D eigenvalue weighted by Crippen LogP contribution is 2.01. The summed E-state index contributed by atoms with van der Waals surface area (Å²) in [6.07, 6.45) is 0.958. The van der Waals surface area contributed by atoms with Crippen LogP contribution in [0.5, 0.6) is 0 Å². The maximum Gasteiger partial charge on any atom is 0.317 e. The molecule has 0 radical (unpaired) electrons. The SMILES string of the molecule is C=C(Br)CNC(=O)N(C)C(C)CC. The van der Waals surface area contributed by atoms with Crippen LogP contribution in [0.2, 0.25) is 0 Å². The van der Waals surface area contributed by atoms with E-state index >= 15 is 0 Å². The molecule has 0 saturated heterocycles. The molecule has 1 atom stereocenters. The summed E-state index contributed by atoms with van der Waals surface area (Å²) < 4.78 is 0.776. The second kappa shape index (κ2) is 6.02. The van der Waals surface area contributed by atoms with Gasteiger partial charge in [-0.05, 0) is 13.3 Å². The van der Waals surface area contributed by atoms with Gasteiger partial charge < -0.3 is 10.2 Å². The topological polar surface area (TPSA) is 32.3 Å². The molecule has 0 aliphatic rings. The molecule has 0 aliphatic carbocycles. The predicted octanol–water partition coefficient (Wildman–Crippen LogP) is 2.33. The highest BCUT2D eigenvalue weighted by molar-refractivity contribution is 9.11. The van der Waals surface area contributed by atoms with E-state index < -0.39 is 0 Å². The molecule has 0 fully saturated rings. The van der Waals surface area contributed by atoms with Crippen molar-refractivity contribution in [3.63, 3.8) is 0 Å². The third-order valence-corrected chi connectivity index (χ3v) is 2.28. The van der Waals surface area contributed by atoms with E-state index in [0.29, 0.717) is 6.54 Å². The molecule has 0 spiro atoms. The Bertz CT molecular complexity index is 194. The Labute approximate surface area is 88.3 Å². The number of carbonyl (C=O) groups is 1. The van der Waals surface area contributed by atoms with Gasteiger partial charge in [0.2, 0.25) is 0 Å². The van der Waals surface area contributed by atoms with Gasteiger partial charge in [-0.1, -0.05) is 29.4 Å². The number of nitrogens with zero attached hydrogens (tertiary/aromatic N) is 1. The Balaban J connectivity index is 3.89. The predicted molar refractivity (Wildman–Crippen MR) is 59.0 cm³/mol. The second-order valence-corrected chi connectivity index (χ2v) is 4.17. The van der Waals surface area contributed by atoms with E-state index in [9.17, 15) is 4.79 Å². The number of urea groups is 1. The number of rotatable bonds is 4. The molecule has 0 aromatic carbocycles. The van der Waals surface area contributed by atoms with Crippen molar-refractivity contribution in [3.8, 4) is 0 Å². The molecule has 1 unspecified atom stereocenters. The first kappa shape index (κ1) is 12.5. The number of nitrogens with one attached hydrogen (secondary N) is 1. The molecular weight excluding hydrogens is 232 g/mol. The van der Waals surface area contributed by atoms with Gasteiger partial charge in [-0.25, -0.2) is 4.79 Å². The number of hydrogen-bond acceptors (Lipinski definition) is 1. The molecule has 4 heteroatoms. The van der Waals surface area contributed by atoms with Gasteiger partial charge in [-0.2, -0.15) is 0 Å². The van der Waals surface area contributed by atoms with Crippen molar-refractivity contribution >= 4 is 22.0 Å². The van der Waals surface area contributed by atoms with Crippen LogP contribution in [0.3, 0.4) is 0 Å². The zero-order valence-corrected chi connectivity index (χ0v) is 10.0. The molecule has 0 bridgehead atoms. The molecular formula is C9H17BrN2O. The van der Waals surface area contributed by atoms with Crippen molar-refractivity contribution in [3.05, 3.63) is 11.1 Å². The highest BCUT2D eigenvalue weighted by Gasteiger charge is 2.12. The number of hydrogen-bond donors (Lipinski definition) is 1. The van der Waals surface area contributed by atoms with Crippen LogP contribution in [-0.4, -0.2) is 30.6 Å². The molecule has 3 nitrogen and oxygen atoms in total. The maximum absolute atomic E-state index is 11.4. The highest BCUT2D eigenvalue weighted by atomic mass is 79.9. The van der Waals surface area contributed by atoms with E-state index in [1.54, 1.807) is 11.9 Å². The van der Waals surface area contributed by atoms with Gasteiger partial charge in [0.25, 0.3) is 0 Å². The van der Waals surface area contributed by atoms with Crippen LogP contribution in [0.15, 0.2) is 11.1 Å². The van der Waals surface area contributed by atoms with Crippen LogP contribution in [-0.2, 0) is 0 Å². The molecule has 0 aromatic heterocycles. The van der Waals surface area contributed by atoms with Crippen LogP contribution in [0.1, 0.15) is 20.3 Å². The first-order chi connectivity index (χ1) is 5.99. The van der Waals surface area contributed by atoms with Crippen molar-refractivity contribution < 1.29 is 4.79 Å². The monoisotopic (exact) mass is 248 g/mol. The Morgan fingerprint density at radius 3 is 2.62 bits per heavy atom. The minimum atomic E-state index is -0.0602. The van der Waals surface area contributed by atoms with Crippen molar-refractivity contribution in [2.24, 2.45) is 0 Å². The average molecular weight is 249 g/mol. The smallest absolute Gasteiger partial charge is 0.317 e. The van der Waals surface area contributed by atoms with Gasteiger partial charge in [0.05, 0.1) is 6.54 Å². The fourth-order valence-corrected chi connectivity index (χ4v) is 0.910. The van der Waals surface area contributed by atoms with Gasteiger partial charge in [-0.15, -0.1) is 0 Å². The molecule has 0 aliphatic heterocycles. The van der Waals surface area contributed by atoms with E-state index in [1.807, 2.05) is 6.92 Å². The Morgan fingerprint density at radius 1 is 1.69 bits per heavy atom. The Hall–Kier alpha value is -0.510. The fourth-order valence-electron chi connectivity index (χ4n) is 0.770. The number of halogens is 1. The van der Waals surface area contributed by atoms with Gasteiger partial charge in [-0.3, -0.25) is 0 Å². The zero-order valence-electron chi connectivity index (χ0n) is 8.43. The summed E-state index contributed by atoms with van der Waals surface area (Å²) in [4.78, 5) is 13.1. The minimum absolute atomic E-state index is 0.0602. The third kappa shape index (κ3) is 4.93. The summed E-state index contributed by atoms with van der Waals surface area (Å²) in [5.41, 5.74) is 0. The number of amides is 2. The lowest BCUT2D eigenvalue weighted by Gasteiger charge is -2.23. The van der Waals surface area contributed by atoms with Crippen LogP contribution in [0.25, 0.3) is 0 Å². The first-order valence-electron chi connectivity index (χ1n) is 4.33. The van der Waals surface area contributed by atoms with E-state index in [-0.39, 0.29) is 12.1 Å². The first-order valence-corrected chi connectivity index (χ1v) is 5.12. The molecule has 0 rings (SSSR count). The third-order valence-electron chi connectivity index (χ3n) is 2.00. The Kier molecular flexibility index (Phi) is 5.79. The average Bonchev–Trinajstić information content (AvgIpc) is 2.11. The zero-order chi connectivity index (χ0) is 10.4. The van der Waals surface area contributed by atoms with Crippen LogP contribution in [0, 0.1) is 0 Å². The lowest BCUT2D eigenvalue weighted by molar-refractivity contribution is 0.194. The summed E-state index contributed by atoms with van der Waals surface area (Å²) in [7, 11) is 1.79. The molecule has 2 amide bonds. The fraction of sp³-hybridized carbons (Fsp3) is 0.667. The molecule has 13 heavy (non-hydrogen) atoms. The largest absolute Gasteiger partial charge is 0.333 e. The van der Waals surface area contributed by atoms with Crippen molar-refractivity contribution in [2.75, 3.05) is 13.6 Å². The van der Waals surface area contributed by atoms with Crippen molar-refractivity contribution in [1.29, 1.82) is 0 Å². The van der Waals surface area contributed by atoms with Crippen LogP contribution < -0.4 is 5.32 Å². The van der Waals surface area contributed by atoms with Crippen molar-refractivity contribution in [1.82, 2.24) is 10.2 Å². The molecule has 76 valence electrons. The summed E-state index contributed by atoms with van der Waals surface area (Å²) >= 11 is 3.18. The van der Waals surface area contributed by atoms with Gasteiger partial charge in [0.15, 0.2) is 0 Å². The van der Waals surface area contributed by atoms with Gasteiger partial charge in [0.1, 0.15) is 0 Å². The summed E-state index contributed by atoms with van der Waals surface area (Å²) in [6, 6.07) is 0.207. The summed E-state index contributed by atoms with van der Waals surface area (Å²) in [5.74, 6) is 0. The van der Waals surface area contributed by atoms with E-state index in [0.717, 1.165) is 10.9 Å². The van der Waals surface area contributed by atoms with Crippen LogP contribution >= 0.6 is 15.9 Å².